The zero-order valence-corrected chi connectivity index (χ0v) is 20.6. The maximum Gasteiger partial charge on any atom is 0.251 e. The van der Waals surface area contributed by atoms with E-state index in [9.17, 15) is 4.79 Å². The number of fused-ring (bicyclic) bond motifs is 1. The van der Waals surface area contributed by atoms with Crippen molar-refractivity contribution >= 4 is 17.4 Å². The molecule has 0 atom stereocenters. The lowest BCUT2D eigenvalue weighted by atomic mass is 10.1. The number of carbonyl (C=O) groups is 1. The number of anilines is 1. The van der Waals surface area contributed by atoms with E-state index in [1.54, 1.807) is 10.7 Å². The van der Waals surface area contributed by atoms with Gasteiger partial charge in [0.2, 0.25) is 5.88 Å². The smallest absolute Gasteiger partial charge is 0.251 e. The Morgan fingerprint density at radius 1 is 1.05 bits per heavy atom. The predicted octanol–water partition coefficient (Wildman–Crippen LogP) is 3.82. The van der Waals surface area contributed by atoms with Gasteiger partial charge in [0.05, 0.1) is 19.4 Å². The molecule has 1 aliphatic heterocycles. The van der Waals surface area contributed by atoms with E-state index in [0.717, 1.165) is 69.2 Å². The Morgan fingerprint density at radius 3 is 2.59 bits per heavy atom. The van der Waals surface area contributed by atoms with Gasteiger partial charge in [-0.25, -0.2) is 0 Å². The number of amides is 1. The molecule has 1 aliphatic carbocycles. The average Bonchev–Trinajstić information content (AvgIpc) is 3.65. The van der Waals surface area contributed by atoms with Crippen LogP contribution in [-0.2, 0) is 4.74 Å². The number of carbonyl (C=O) groups excluding carboxylic acids is 1. The van der Waals surface area contributed by atoms with Crippen LogP contribution < -0.4 is 15.4 Å². The quantitative estimate of drug-likeness (QED) is 0.362. The Bertz CT molecular complexity index is 1360. The van der Waals surface area contributed by atoms with Crippen molar-refractivity contribution in [1.82, 2.24) is 24.8 Å². The van der Waals surface area contributed by atoms with Crippen molar-refractivity contribution in [3.05, 3.63) is 72.4 Å². The van der Waals surface area contributed by atoms with Gasteiger partial charge >= 0.3 is 0 Å². The second-order valence-corrected chi connectivity index (χ2v) is 9.39. The van der Waals surface area contributed by atoms with Crippen LogP contribution in [0.25, 0.3) is 16.8 Å². The Morgan fingerprint density at radius 2 is 1.84 bits per heavy atom. The molecule has 1 amide bonds. The van der Waals surface area contributed by atoms with Crippen molar-refractivity contribution < 1.29 is 14.3 Å². The van der Waals surface area contributed by atoms with E-state index in [1.165, 1.54) is 0 Å². The summed E-state index contributed by atoms with van der Waals surface area (Å²) in [7, 11) is 0. The molecule has 0 bridgehead atoms. The third kappa shape index (κ3) is 5.58. The van der Waals surface area contributed by atoms with Gasteiger partial charge in [-0.15, -0.1) is 0 Å². The molecule has 2 aliphatic rings. The number of aromatic nitrogens is 3. The SMILES string of the molecule is O=C(NC1CC1)c1ccc(-c2cnn3c(NCCN4CCOCC4)cc(Oc4ccccc4)nc23)cc1. The molecule has 2 aromatic carbocycles. The largest absolute Gasteiger partial charge is 0.439 e. The minimum absolute atomic E-state index is 0.0302. The zero-order valence-electron chi connectivity index (χ0n) is 20.6. The van der Waals surface area contributed by atoms with Crippen LogP contribution in [0.2, 0.25) is 0 Å². The van der Waals surface area contributed by atoms with Crippen molar-refractivity contribution in [3.63, 3.8) is 0 Å². The van der Waals surface area contributed by atoms with E-state index in [-0.39, 0.29) is 5.91 Å². The molecule has 1 saturated carbocycles. The summed E-state index contributed by atoms with van der Waals surface area (Å²) in [6.45, 7) is 5.09. The molecule has 3 heterocycles. The molecule has 9 heteroatoms. The molecule has 37 heavy (non-hydrogen) atoms. The standard InChI is InChI=1S/C28H30N6O3/c35-28(31-22-10-11-22)21-8-6-20(7-9-21)24-19-30-34-25(29-12-13-33-14-16-36-17-15-33)18-26(32-27(24)34)37-23-4-2-1-3-5-23/h1-9,18-19,22,29H,10-17H2,(H,31,35). The fourth-order valence-electron chi connectivity index (χ4n) is 4.40. The van der Waals surface area contributed by atoms with Gasteiger partial charge in [0.1, 0.15) is 11.6 Å². The van der Waals surface area contributed by atoms with E-state index in [2.05, 4.69) is 20.6 Å². The topological polar surface area (TPSA) is 93.0 Å². The molecule has 1 saturated heterocycles. The summed E-state index contributed by atoms with van der Waals surface area (Å²) >= 11 is 0. The number of para-hydroxylation sites is 1. The Balaban J connectivity index is 1.28. The highest BCUT2D eigenvalue weighted by Crippen LogP contribution is 2.30. The van der Waals surface area contributed by atoms with Crippen LogP contribution in [0.3, 0.4) is 0 Å². The van der Waals surface area contributed by atoms with Gasteiger partial charge in [-0.05, 0) is 42.7 Å². The van der Waals surface area contributed by atoms with E-state index < -0.39 is 0 Å². The number of hydrogen-bond donors (Lipinski definition) is 2. The number of hydrogen-bond acceptors (Lipinski definition) is 7. The highest BCUT2D eigenvalue weighted by atomic mass is 16.5. The average molecular weight is 499 g/mol. The highest BCUT2D eigenvalue weighted by molar-refractivity contribution is 5.95. The first-order valence-corrected chi connectivity index (χ1v) is 12.8. The maximum atomic E-state index is 12.4. The molecule has 0 spiro atoms. The first kappa shape index (κ1) is 23.4. The van der Waals surface area contributed by atoms with E-state index in [4.69, 9.17) is 14.5 Å². The fraction of sp³-hybridized carbons (Fsp3) is 0.321. The second kappa shape index (κ2) is 10.6. The van der Waals surface area contributed by atoms with E-state index >= 15 is 0 Å². The monoisotopic (exact) mass is 498 g/mol. The molecular weight excluding hydrogens is 468 g/mol. The lowest BCUT2D eigenvalue weighted by Crippen LogP contribution is -2.39. The summed E-state index contributed by atoms with van der Waals surface area (Å²) in [6.07, 6.45) is 3.93. The molecule has 0 unspecified atom stereocenters. The van der Waals surface area contributed by atoms with Gasteiger partial charge in [-0.2, -0.15) is 14.6 Å². The zero-order chi connectivity index (χ0) is 25.0. The van der Waals surface area contributed by atoms with Gasteiger partial charge in [0, 0.05) is 49.4 Å². The minimum atomic E-state index is -0.0302. The van der Waals surface area contributed by atoms with Crippen LogP contribution in [0.15, 0.2) is 66.9 Å². The minimum Gasteiger partial charge on any atom is -0.439 e. The Labute approximate surface area is 215 Å². The third-order valence-electron chi connectivity index (χ3n) is 6.62. The predicted molar refractivity (Wildman–Crippen MR) is 141 cm³/mol. The van der Waals surface area contributed by atoms with Crippen molar-refractivity contribution in [1.29, 1.82) is 0 Å². The van der Waals surface area contributed by atoms with E-state index in [1.807, 2.05) is 60.7 Å². The molecule has 9 nitrogen and oxygen atoms in total. The molecule has 2 aromatic heterocycles. The van der Waals surface area contributed by atoms with Crippen molar-refractivity contribution in [2.24, 2.45) is 0 Å². The van der Waals surface area contributed by atoms with Crippen LogP contribution in [0.4, 0.5) is 5.82 Å². The normalized spacial score (nSPS) is 16.0. The molecular formula is C28H30N6O3. The molecule has 190 valence electrons. The van der Waals surface area contributed by atoms with Crippen LogP contribution >= 0.6 is 0 Å². The lowest BCUT2D eigenvalue weighted by molar-refractivity contribution is 0.0398. The third-order valence-corrected chi connectivity index (χ3v) is 6.62. The van der Waals surface area contributed by atoms with E-state index in [0.29, 0.717) is 28.9 Å². The van der Waals surface area contributed by atoms with Crippen molar-refractivity contribution in [2.75, 3.05) is 44.7 Å². The summed E-state index contributed by atoms with van der Waals surface area (Å²) < 4.78 is 13.4. The number of benzene rings is 2. The summed E-state index contributed by atoms with van der Waals surface area (Å²) in [6, 6.07) is 19.4. The molecule has 6 rings (SSSR count). The van der Waals surface area contributed by atoms with Gasteiger partial charge in [0.25, 0.3) is 5.91 Å². The molecule has 2 N–H and O–H groups in total. The number of ether oxygens (including phenoxy) is 2. The van der Waals surface area contributed by atoms with Crippen LogP contribution in [0, 0.1) is 0 Å². The van der Waals surface area contributed by atoms with Crippen LogP contribution in [0.1, 0.15) is 23.2 Å². The highest BCUT2D eigenvalue weighted by Gasteiger charge is 2.24. The summed E-state index contributed by atoms with van der Waals surface area (Å²) in [5, 5.41) is 11.2. The lowest BCUT2D eigenvalue weighted by Gasteiger charge is -2.26. The number of morpholine rings is 1. The van der Waals surface area contributed by atoms with Crippen LogP contribution in [0.5, 0.6) is 11.6 Å². The molecule has 2 fully saturated rings. The number of nitrogens with one attached hydrogen (secondary N) is 2. The first-order chi connectivity index (χ1) is 18.2. The summed E-state index contributed by atoms with van der Waals surface area (Å²) in [5.41, 5.74) is 3.13. The fourth-order valence-corrected chi connectivity index (χ4v) is 4.40. The second-order valence-electron chi connectivity index (χ2n) is 9.39. The number of rotatable bonds is 9. The maximum absolute atomic E-state index is 12.4. The number of nitrogens with zero attached hydrogens (tertiary/aromatic N) is 4. The Kier molecular flexibility index (Phi) is 6.70. The summed E-state index contributed by atoms with van der Waals surface area (Å²) in [5.74, 6) is 1.97. The molecule has 0 radical (unpaired) electrons. The van der Waals surface area contributed by atoms with Gasteiger partial charge in [-0.1, -0.05) is 30.3 Å². The van der Waals surface area contributed by atoms with Gasteiger partial charge < -0.3 is 20.1 Å². The van der Waals surface area contributed by atoms with Gasteiger partial charge in [0.15, 0.2) is 5.65 Å². The van der Waals surface area contributed by atoms with Crippen molar-refractivity contribution in [2.45, 2.75) is 18.9 Å². The summed E-state index contributed by atoms with van der Waals surface area (Å²) in [4.78, 5) is 19.6. The Hall–Kier alpha value is -3.95. The van der Waals surface area contributed by atoms with Crippen molar-refractivity contribution in [3.8, 4) is 22.8 Å². The first-order valence-electron chi connectivity index (χ1n) is 12.8. The van der Waals surface area contributed by atoms with Crippen LogP contribution in [-0.4, -0.2) is 70.8 Å². The van der Waals surface area contributed by atoms with Gasteiger partial charge in [-0.3, -0.25) is 9.69 Å². The molecule has 4 aromatic rings.